The molecular formula is C17H25N3O3. The van der Waals surface area contributed by atoms with E-state index in [2.05, 4.69) is 18.8 Å². The zero-order chi connectivity index (χ0) is 17.0. The lowest BCUT2D eigenvalue weighted by Gasteiger charge is -2.19. The van der Waals surface area contributed by atoms with Crippen molar-refractivity contribution in [3.05, 3.63) is 34.2 Å². The smallest absolute Gasteiger partial charge is 0.326 e. The summed E-state index contributed by atoms with van der Waals surface area (Å²) < 4.78 is 6.94. The van der Waals surface area contributed by atoms with Crippen LogP contribution < -0.4 is 5.69 Å². The second kappa shape index (κ2) is 7.46. The third-order valence-electron chi connectivity index (χ3n) is 3.67. The predicted octanol–water partition coefficient (Wildman–Crippen LogP) is 2.09. The Morgan fingerprint density at radius 2 is 2.13 bits per heavy atom. The lowest BCUT2D eigenvalue weighted by atomic mass is 10.1. The highest BCUT2D eigenvalue weighted by atomic mass is 16.5. The largest absolute Gasteiger partial charge is 0.380 e. The molecule has 0 radical (unpaired) electrons. The number of aromatic amines is 1. The molecule has 0 aliphatic heterocycles. The van der Waals surface area contributed by atoms with E-state index in [4.69, 9.17) is 4.74 Å². The summed E-state index contributed by atoms with van der Waals surface area (Å²) in [4.78, 5) is 29.0. The minimum Gasteiger partial charge on any atom is -0.380 e. The molecule has 1 aromatic carbocycles. The number of aromatic nitrogens is 2. The van der Waals surface area contributed by atoms with Crippen LogP contribution in [-0.2, 0) is 11.3 Å². The van der Waals surface area contributed by atoms with Gasteiger partial charge in [0.2, 0.25) is 0 Å². The molecule has 6 heteroatoms. The molecule has 2 rings (SSSR count). The lowest BCUT2D eigenvalue weighted by molar-refractivity contribution is 0.0779. The molecule has 23 heavy (non-hydrogen) atoms. The Hall–Kier alpha value is -2.08. The van der Waals surface area contributed by atoms with Crippen LogP contribution in [0.3, 0.4) is 0 Å². The third kappa shape index (κ3) is 4.01. The van der Waals surface area contributed by atoms with Gasteiger partial charge in [-0.3, -0.25) is 9.36 Å². The van der Waals surface area contributed by atoms with Gasteiger partial charge in [-0.15, -0.1) is 0 Å². The Bertz CT molecular complexity index is 730. The van der Waals surface area contributed by atoms with Crippen molar-refractivity contribution in [1.29, 1.82) is 0 Å². The number of ether oxygens (including phenoxy) is 1. The fourth-order valence-corrected chi connectivity index (χ4v) is 2.67. The molecule has 126 valence electrons. The second-order valence-electron chi connectivity index (χ2n) is 6.09. The molecule has 0 saturated carbocycles. The predicted molar refractivity (Wildman–Crippen MR) is 90.9 cm³/mol. The van der Waals surface area contributed by atoms with E-state index in [1.807, 2.05) is 13.0 Å². The highest BCUT2D eigenvalue weighted by Gasteiger charge is 2.15. The number of hydrogen-bond donors (Lipinski definition) is 1. The van der Waals surface area contributed by atoms with Crippen molar-refractivity contribution in [1.82, 2.24) is 14.5 Å². The summed E-state index contributed by atoms with van der Waals surface area (Å²) in [6.45, 7) is 8.37. The second-order valence-corrected chi connectivity index (χ2v) is 6.09. The van der Waals surface area contributed by atoms with Crippen LogP contribution in [0.25, 0.3) is 11.0 Å². The van der Waals surface area contributed by atoms with Crippen LogP contribution in [0.1, 0.15) is 31.1 Å². The molecule has 0 aliphatic carbocycles. The number of hydrogen-bond acceptors (Lipinski definition) is 3. The van der Waals surface area contributed by atoms with Gasteiger partial charge in [-0.05, 0) is 31.0 Å². The summed E-state index contributed by atoms with van der Waals surface area (Å²) in [6.07, 6.45) is 0. The topological polar surface area (TPSA) is 67.3 Å². The first-order valence-corrected chi connectivity index (χ1v) is 7.99. The van der Waals surface area contributed by atoms with Crippen molar-refractivity contribution in [2.45, 2.75) is 27.3 Å². The molecule has 0 saturated heterocycles. The van der Waals surface area contributed by atoms with Gasteiger partial charge >= 0.3 is 5.69 Å². The maximum Gasteiger partial charge on any atom is 0.326 e. The molecule has 0 bridgehead atoms. The normalized spacial score (nSPS) is 11.3. The first-order valence-electron chi connectivity index (χ1n) is 7.99. The van der Waals surface area contributed by atoms with Crippen molar-refractivity contribution < 1.29 is 9.53 Å². The van der Waals surface area contributed by atoms with Crippen LogP contribution >= 0.6 is 0 Å². The summed E-state index contributed by atoms with van der Waals surface area (Å²) in [5.41, 5.74) is 1.87. The van der Waals surface area contributed by atoms with Gasteiger partial charge in [0, 0.05) is 25.8 Å². The molecule has 1 heterocycles. The van der Waals surface area contributed by atoms with Gasteiger partial charge < -0.3 is 14.6 Å². The number of H-pyrrole nitrogens is 1. The SMILES string of the molecule is CCOCCn1c(=O)[nH]c2cc(C(=O)N(C)CC(C)C)ccc21. The van der Waals surface area contributed by atoms with E-state index in [-0.39, 0.29) is 11.6 Å². The average Bonchev–Trinajstić information content (AvgIpc) is 2.81. The summed E-state index contributed by atoms with van der Waals surface area (Å²) >= 11 is 0. The van der Waals surface area contributed by atoms with E-state index in [9.17, 15) is 9.59 Å². The maximum absolute atomic E-state index is 12.4. The van der Waals surface area contributed by atoms with Crippen LogP contribution in [0, 0.1) is 5.92 Å². The molecule has 1 amide bonds. The summed E-state index contributed by atoms with van der Waals surface area (Å²) in [5.74, 6) is 0.371. The fourth-order valence-electron chi connectivity index (χ4n) is 2.67. The van der Waals surface area contributed by atoms with Crippen LogP contribution in [0.5, 0.6) is 0 Å². The average molecular weight is 319 g/mol. The Labute approximate surface area is 136 Å². The number of imidazole rings is 1. The molecule has 0 aliphatic rings. The molecule has 0 atom stereocenters. The number of nitrogens with zero attached hydrogens (tertiary/aromatic N) is 2. The maximum atomic E-state index is 12.4. The van der Waals surface area contributed by atoms with Crippen molar-refractivity contribution in [3.8, 4) is 0 Å². The summed E-state index contributed by atoms with van der Waals surface area (Å²) in [7, 11) is 1.79. The van der Waals surface area contributed by atoms with Gasteiger partial charge in [0.1, 0.15) is 0 Å². The number of amides is 1. The summed E-state index contributed by atoms with van der Waals surface area (Å²) in [6, 6.07) is 5.33. The molecule has 0 fully saturated rings. The Morgan fingerprint density at radius 1 is 1.39 bits per heavy atom. The van der Waals surface area contributed by atoms with E-state index in [1.165, 1.54) is 0 Å². The van der Waals surface area contributed by atoms with E-state index in [1.54, 1.807) is 28.6 Å². The van der Waals surface area contributed by atoms with Crippen molar-refractivity contribution >= 4 is 16.9 Å². The van der Waals surface area contributed by atoms with Crippen LogP contribution in [-0.4, -0.2) is 47.2 Å². The first kappa shape index (κ1) is 17.3. The van der Waals surface area contributed by atoms with E-state index >= 15 is 0 Å². The van der Waals surface area contributed by atoms with Crippen molar-refractivity contribution in [2.75, 3.05) is 26.8 Å². The number of rotatable bonds is 7. The van der Waals surface area contributed by atoms with E-state index in [0.717, 1.165) is 5.52 Å². The zero-order valence-corrected chi connectivity index (χ0v) is 14.3. The van der Waals surface area contributed by atoms with Crippen LogP contribution in [0.15, 0.2) is 23.0 Å². The third-order valence-corrected chi connectivity index (χ3v) is 3.67. The Balaban J connectivity index is 2.26. The highest BCUT2D eigenvalue weighted by Crippen LogP contribution is 2.15. The fraction of sp³-hybridized carbons (Fsp3) is 0.529. The minimum atomic E-state index is -0.181. The van der Waals surface area contributed by atoms with Gasteiger partial charge in [0.25, 0.3) is 5.91 Å². The Kier molecular flexibility index (Phi) is 5.60. The van der Waals surface area contributed by atoms with Crippen LogP contribution in [0.2, 0.25) is 0 Å². The molecule has 0 spiro atoms. The van der Waals surface area contributed by atoms with Gasteiger partial charge in [-0.2, -0.15) is 0 Å². The highest BCUT2D eigenvalue weighted by molar-refractivity contribution is 5.97. The number of nitrogens with one attached hydrogen (secondary N) is 1. The quantitative estimate of drug-likeness (QED) is 0.795. The molecule has 1 N–H and O–H groups in total. The number of carbonyl (C=O) groups excluding carboxylic acids is 1. The molecular weight excluding hydrogens is 294 g/mol. The van der Waals surface area contributed by atoms with E-state index < -0.39 is 0 Å². The summed E-state index contributed by atoms with van der Waals surface area (Å²) in [5, 5.41) is 0. The molecule has 1 aromatic heterocycles. The monoisotopic (exact) mass is 319 g/mol. The number of fused-ring (bicyclic) bond motifs is 1. The minimum absolute atomic E-state index is 0.0384. The van der Waals surface area contributed by atoms with Crippen LogP contribution in [0.4, 0.5) is 0 Å². The number of benzene rings is 1. The van der Waals surface area contributed by atoms with Gasteiger partial charge in [-0.25, -0.2) is 4.79 Å². The van der Waals surface area contributed by atoms with E-state index in [0.29, 0.717) is 43.3 Å². The van der Waals surface area contributed by atoms with Crippen molar-refractivity contribution in [2.24, 2.45) is 5.92 Å². The lowest BCUT2D eigenvalue weighted by Crippen LogP contribution is -2.30. The van der Waals surface area contributed by atoms with Gasteiger partial charge in [0.15, 0.2) is 0 Å². The number of carbonyl (C=O) groups is 1. The standard InChI is InChI=1S/C17H25N3O3/c1-5-23-9-8-20-15-7-6-13(10-14(15)18-17(20)22)16(21)19(4)11-12(2)3/h6-7,10,12H,5,8-9,11H2,1-4H3,(H,18,22). The Morgan fingerprint density at radius 3 is 2.78 bits per heavy atom. The zero-order valence-electron chi connectivity index (χ0n) is 14.3. The van der Waals surface area contributed by atoms with Gasteiger partial charge in [-0.1, -0.05) is 13.8 Å². The first-order chi connectivity index (χ1) is 10.9. The van der Waals surface area contributed by atoms with Crippen molar-refractivity contribution in [3.63, 3.8) is 0 Å². The molecule has 0 unspecified atom stereocenters. The molecule has 2 aromatic rings. The molecule has 6 nitrogen and oxygen atoms in total. The van der Waals surface area contributed by atoms with Gasteiger partial charge in [0.05, 0.1) is 24.2 Å².